The molecule has 1 aromatic heterocycles. The number of benzene rings is 1. The number of likely N-dealkylation sites (tertiary alicyclic amines) is 1. The number of rotatable bonds is 4. The SMILES string of the molecule is CC(C)(C)OC(=O)N1CCC(c2cccc(OCc3ccc(Cl)cc3F)n2)C(O)C1. The Balaban J connectivity index is 1.62. The summed E-state index contributed by atoms with van der Waals surface area (Å²) in [6.45, 7) is 6.05. The van der Waals surface area contributed by atoms with Crippen LogP contribution in [0.5, 0.6) is 5.88 Å². The van der Waals surface area contributed by atoms with E-state index in [1.807, 2.05) is 6.07 Å². The van der Waals surface area contributed by atoms with Crippen molar-refractivity contribution < 1.29 is 23.8 Å². The van der Waals surface area contributed by atoms with E-state index in [2.05, 4.69) is 4.98 Å². The standard InChI is InChI=1S/C22H26ClFN2O4/c1-22(2,3)30-21(28)26-10-9-16(19(27)12-26)18-5-4-6-20(25-18)29-13-14-7-8-15(23)11-17(14)24/h4-8,11,16,19,27H,9-10,12-13H2,1-3H3. The molecule has 0 aliphatic carbocycles. The molecule has 1 fully saturated rings. The van der Waals surface area contributed by atoms with Crippen molar-refractivity contribution in [2.75, 3.05) is 13.1 Å². The third-order valence-corrected chi connectivity index (χ3v) is 4.98. The Kier molecular flexibility index (Phi) is 6.83. The van der Waals surface area contributed by atoms with E-state index in [0.717, 1.165) is 0 Å². The van der Waals surface area contributed by atoms with E-state index in [1.165, 1.54) is 11.0 Å². The number of hydrogen-bond donors (Lipinski definition) is 1. The predicted molar refractivity (Wildman–Crippen MR) is 111 cm³/mol. The van der Waals surface area contributed by atoms with Gasteiger partial charge in [0.1, 0.15) is 18.0 Å². The summed E-state index contributed by atoms with van der Waals surface area (Å²) >= 11 is 5.77. The summed E-state index contributed by atoms with van der Waals surface area (Å²) in [6, 6.07) is 9.67. The molecule has 1 aromatic carbocycles. The number of aromatic nitrogens is 1. The lowest BCUT2D eigenvalue weighted by Gasteiger charge is -2.36. The van der Waals surface area contributed by atoms with Gasteiger partial charge in [-0.25, -0.2) is 14.2 Å². The maximum Gasteiger partial charge on any atom is 0.410 e. The first-order chi connectivity index (χ1) is 14.1. The van der Waals surface area contributed by atoms with Crippen LogP contribution in [-0.2, 0) is 11.3 Å². The number of β-amino-alcohol motifs (C(OH)–C–C–N with tert-alkyl or cyclic N) is 1. The lowest BCUT2D eigenvalue weighted by Crippen LogP contribution is -2.47. The van der Waals surface area contributed by atoms with Crippen LogP contribution < -0.4 is 4.74 Å². The van der Waals surface area contributed by atoms with Crippen molar-refractivity contribution in [3.63, 3.8) is 0 Å². The van der Waals surface area contributed by atoms with E-state index in [9.17, 15) is 14.3 Å². The van der Waals surface area contributed by atoms with E-state index in [0.29, 0.717) is 35.1 Å². The predicted octanol–water partition coefficient (Wildman–Crippen LogP) is 4.54. The Labute approximate surface area is 180 Å². The molecule has 8 heteroatoms. The molecule has 1 aliphatic rings. The maximum absolute atomic E-state index is 13.9. The number of ether oxygens (including phenoxy) is 2. The molecule has 2 unspecified atom stereocenters. The first-order valence-electron chi connectivity index (χ1n) is 9.82. The molecule has 1 saturated heterocycles. The van der Waals surface area contributed by atoms with Crippen LogP contribution in [0.4, 0.5) is 9.18 Å². The van der Waals surface area contributed by atoms with E-state index in [-0.39, 0.29) is 19.1 Å². The second-order valence-corrected chi connectivity index (χ2v) is 8.75. The Morgan fingerprint density at radius 2 is 2.10 bits per heavy atom. The molecular formula is C22H26ClFN2O4. The number of carbonyl (C=O) groups excluding carboxylic acids is 1. The van der Waals surface area contributed by atoms with Gasteiger partial charge in [-0.3, -0.25) is 0 Å². The second kappa shape index (κ2) is 9.18. The molecular weight excluding hydrogens is 411 g/mol. The summed E-state index contributed by atoms with van der Waals surface area (Å²) in [6.07, 6.45) is -0.666. The molecule has 1 N–H and O–H groups in total. The van der Waals surface area contributed by atoms with Crippen molar-refractivity contribution in [3.8, 4) is 5.88 Å². The van der Waals surface area contributed by atoms with Gasteiger partial charge < -0.3 is 19.5 Å². The van der Waals surface area contributed by atoms with Gasteiger partial charge in [-0.05, 0) is 45.4 Å². The average molecular weight is 437 g/mol. The minimum atomic E-state index is -0.775. The van der Waals surface area contributed by atoms with Gasteiger partial charge >= 0.3 is 6.09 Å². The maximum atomic E-state index is 13.9. The fourth-order valence-electron chi connectivity index (χ4n) is 3.28. The third kappa shape index (κ3) is 5.83. The van der Waals surface area contributed by atoms with Gasteiger partial charge in [0.2, 0.25) is 5.88 Å². The fraction of sp³-hybridized carbons (Fsp3) is 0.455. The molecule has 6 nitrogen and oxygen atoms in total. The molecule has 1 aliphatic heterocycles. The largest absolute Gasteiger partial charge is 0.473 e. The zero-order valence-corrected chi connectivity index (χ0v) is 18.0. The normalized spacial score (nSPS) is 19.5. The zero-order valence-electron chi connectivity index (χ0n) is 17.3. The van der Waals surface area contributed by atoms with Gasteiger partial charge in [0.05, 0.1) is 18.3 Å². The van der Waals surface area contributed by atoms with Crippen LogP contribution in [0.15, 0.2) is 36.4 Å². The molecule has 162 valence electrons. The minimum absolute atomic E-state index is 0.0130. The Morgan fingerprint density at radius 1 is 1.33 bits per heavy atom. The van der Waals surface area contributed by atoms with E-state index in [1.54, 1.807) is 45.0 Å². The topological polar surface area (TPSA) is 71.9 Å². The lowest BCUT2D eigenvalue weighted by atomic mass is 9.90. The molecule has 0 radical (unpaired) electrons. The number of pyridine rings is 1. The number of amides is 1. The van der Waals surface area contributed by atoms with E-state index >= 15 is 0 Å². The zero-order chi connectivity index (χ0) is 21.9. The summed E-state index contributed by atoms with van der Waals surface area (Å²) in [4.78, 5) is 18.2. The summed E-state index contributed by atoms with van der Waals surface area (Å²) in [5.41, 5.74) is 0.452. The summed E-state index contributed by atoms with van der Waals surface area (Å²) in [5.74, 6) is -0.341. The monoisotopic (exact) mass is 436 g/mol. The number of hydrogen-bond acceptors (Lipinski definition) is 5. The van der Waals surface area contributed by atoms with Crippen LogP contribution in [0.1, 0.15) is 44.4 Å². The average Bonchev–Trinajstić information content (AvgIpc) is 2.66. The number of halogens is 2. The number of nitrogens with zero attached hydrogens (tertiary/aromatic N) is 2. The highest BCUT2D eigenvalue weighted by atomic mass is 35.5. The van der Waals surface area contributed by atoms with Crippen LogP contribution in [0, 0.1) is 5.82 Å². The van der Waals surface area contributed by atoms with Crippen molar-refractivity contribution in [1.29, 1.82) is 0 Å². The summed E-state index contributed by atoms with van der Waals surface area (Å²) in [5, 5.41) is 10.9. The van der Waals surface area contributed by atoms with Crippen molar-refractivity contribution in [2.24, 2.45) is 0 Å². The molecule has 1 amide bonds. The van der Waals surface area contributed by atoms with Gasteiger partial charge in [-0.15, -0.1) is 0 Å². The van der Waals surface area contributed by atoms with Gasteiger partial charge in [0.25, 0.3) is 0 Å². The fourth-order valence-corrected chi connectivity index (χ4v) is 3.44. The number of piperidine rings is 1. The van der Waals surface area contributed by atoms with Gasteiger partial charge in [0.15, 0.2) is 0 Å². The molecule has 3 rings (SSSR count). The molecule has 30 heavy (non-hydrogen) atoms. The van der Waals surface area contributed by atoms with E-state index in [4.69, 9.17) is 21.1 Å². The highest BCUT2D eigenvalue weighted by Gasteiger charge is 2.34. The van der Waals surface area contributed by atoms with Crippen molar-refractivity contribution >= 4 is 17.7 Å². The van der Waals surface area contributed by atoms with Gasteiger partial charge in [-0.1, -0.05) is 23.7 Å². The Morgan fingerprint density at radius 3 is 2.77 bits per heavy atom. The second-order valence-electron chi connectivity index (χ2n) is 8.31. The molecule has 0 spiro atoms. The van der Waals surface area contributed by atoms with Gasteiger partial charge in [-0.2, -0.15) is 0 Å². The summed E-state index contributed by atoms with van der Waals surface area (Å²) < 4.78 is 24.9. The van der Waals surface area contributed by atoms with Crippen LogP contribution in [0.25, 0.3) is 0 Å². The molecule has 0 saturated carbocycles. The van der Waals surface area contributed by atoms with Crippen molar-refractivity contribution in [3.05, 3.63) is 58.5 Å². The highest BCUT2D eigenvalue weighted by Crippen LogP contribution is 2.29. The molecule has 2 heterocycles. The number of carbonyl (C=O) groups is 1. The van der Waals surface area contributed by atoms with Gasteiger partial charge in [0, 0.05) is 29.1 Å². The van der Waals surface area contributed by atoms with Crippen molar-refractivity contribution in [2.45, 2.75) is 51.4 Å². The Bertz CT molecular complexity index is 903. The molecule has 0 bridgehead atoms. The smallest absolute Gasteiger partial charge is 0.410 e. The van der Waals surface area contributed by atoms with Crippen LogP contribution in [0.3, 0.4) is 0 Å². The number of aliphatic hydroxyl groups excluding tert-OH is 1. The molecule has 2 atom stereocenters. The first kappa shape index (κ1) is 22.3. The lowest BCUT2D eigenvalue weighted by molar-refractivity contribution is -0.00196. The minimum Gasteiger partial charge on any atom is -0.473 e. The van der Waals surface area contributed by atoms with Crippen LogP contribution in [0.2, 0.25) is 5.02 Å². The van der Waals surface area contributed by atoms with Crippen LogP contribution in [-0.4, -0.2) is 45.9 Å². The summed E-state index contributed by atoms with van der Waals surface area (Å²) in [7, 11) is 0. The highest BCUT2D eigenvalue weighted by molar-refractivity contribution is 6.30. The quantitative estimate of drug-likeness (QED) is 0.761. The third-order valence-electron chi connectivity index (χ3n) is 4.75. The molecule has 2 aromatic rings. The van der Waals surface area contributed by atoms with E-state index < -0.39 is 23.6 Å². The van der Waals surface area contributed by atoms with Crippen molar-refractivity contribution in [1.82, 2.24) is 9.88 Å². The number of aliphatic hydroxyl groups is 1. The van der Waals surface area contributed by atoms with Crippen LogP contribution >= 0.6 is 11.6 Å². The first-order valence-corrected chi connectivity index (χ1v) is 10.2. The Hall–Kier alpha value is -2.38.